The number of rotatable bonds is 9. The molecule has 0 aliphatic heterocycles. The van der Waals surface area contributed by atoms with Crippen LogP contribution in [0.5, 0.6) is 0 Å². The SMILES string of the molecule is COCCN(CCNCc1cc(C(=O)O)cs1)C(=O)OC(C)(C)C. The van der Waals surface area contributed by atoms with Gasteiger partial charge in [0.05, 0.1) is 12.2 Å². The average molecular weight is 358 g/mol. The second-order valence-electron chi connectivity index (χ2n) is 6.24. The number of carbonyl (C=O) groups is 2. The van der Waals surface area contributed by atoms with Crippen LogP contribution in [0.4, 0.5) is 4.79 Å². The molecule has 2 N–H and O–H groups in total. The van der Waals surface area contributed by atoms with E-state index in [1.807, 2.05) is 20.8 Å². The van der Waals surface area contributed by atoms with Crippen LogP contribution in [-0.2, 0) is 16.0 Å². The summed E-state index contributed by atoms with van der Waals surface area (Å²) in [6, 6.07) is 1.65. The van der Waals surface area contributed by atoms with Gasteiger partial charge in [0.1, 0.15) is 5.60 Å². The van der Waals surface area contributed by atoms with E-state index in [0.29, 0.717) is 38.3 Å². The van der Waals surface area contributed by atoms with Crippen LogP contribution in [0.2, 0.25) is 0 Å². The molecule has 1 aromatic heterocycles. The number of methoxy groups -OCH3 is 1. The summed E-state index contributed by atoms with van der Waals surface area (Å²) in [4.78, 5) is 25.5. The van der Waals surface area contributed by atoms with Crippen LogP contribution >= 0.6 is 11.3 Å². The third-order valence-electron chi connectivity index (χ3n) is 2.98. The molecule has 1 rings (SSSR count). The number of ether oxygens (including phenoxy) is 2. The molecule has 0 atom stereocenters. The maximum absolute atomic E-state index is 12.2. The van der Waals surface area contributed by atoms with E-state index < -0.39 is 11.6 Å². The minimum Gasteiger partial charge on any atom is -0.478 e. The van der Waals surface area contributed by atoms with Crippen LogP contribution in [0.1, 0.15) is 36.0 Å². The van der Waals surface area contributed by atoms with Crippen molar-refractivity contribution in [2.75, 3.05) is 33.4 Å². The normalized spacial score (nSPS) is 11.3. The number of carboxylic acid groups (broad SMARTS) is 1. The van der Waals surface area contributed by atoms with Gasteiger partial charge in [-0.15, -0.1) is 11.3 Å². The van der Waals surface area contributed by atoms with E-state index >= 15 is 0 Å². The molecule has 0 aliphatic carbocycles. The summed E-state index contributed by atoms with van der Waals surface area (Å²) < 4.78 is 10.4. The highest BCUT2D eigenvalue weighted by molar-refractivity contribution is 7.10. The number of nitrogens with zero attached hydrogens (tertiary/aromatic N) is 1. The highest BCUT2D eigenvalue weighted by atomic mass is 32.1. The van der Waals surface area contributed by atoms with E-state index in [-0.39, 0.29) is 6.09 Å². The summed E-state index contributed by atoms with van der Waals surface area (Å²) in [6.07, 6.45) is -0.370. The van der Waals surface area contributed by atoms with Gasteiger partial charge in [-0.05, 0) is 26.8 Å². The molecule has 0 fully saturated rings. The van der Waals surface area contributed by atoms with Gasteiger partial charge in [0.15, 0.2) is 0 Å². The van der Waals surface area contributed by atoms with Crippen molar-refractivity contribution in [2.24, 2.45) is 0 Å². The Bertz CT molecular complexity index is 539. The highest BCUT2D eigenvalue weighted by Crippen LogP contribution is 2.14. The smallest absolute Gasteiger partial charge is 0.410 e. The number of hydrogen-bond donors (Lipinski definition) is 2. The summed E-state index contributed by atoms with van der Waals surface area (Å²) >= 11 is 1.40. The first kappa shape index (κ1) is 20.4. The van der Waals surface area contributed by atoms with E-state index in [0.717, 1.165) is 4.88 Å². The first-order valence-electron chi connectivity index (χ1n) is 7.71. The molecule has 8 heteroatoms. The van der Waals surface area contributed by atoms with Crippen LogP contribution < -0.4 is 5.32 Å². The summed E-state index contributed by atoms with van der Waals surface area (Å²) in [5, 5.41) is 13.7. The molecule has 7 nitrogen and oxygen atoms in total. The summed E-state index contributed by atoms with van der Waals surface area (Å²) in [6.45, 7) is 7.99. The van der Waals surface area contributed by atoms with Crippen molar-refractivity contribution >= 4 is 23.4 Å². The van der Waals surface area contributed by atoms with E-state index in [4.69, 9.17) is 14.6 Å². The number of carbonyl (C=O) groups excluding carboxylic acids is 1. The predicted molar refractivity (Wildman–Crippen MR) is 92.7 cm³/mol. The first-order chi connectivity index (χ1) is 11.2. The first-order valence-corrected chi connectivity index (χ1v) is 8.59. The lowest BCUT2D eigenvalue weighted by molar-refractivity contribution is 0.0204. The summed E-state index contributed by atoms with van der Waals surface area (Å²) in [5.41, 5.74) is -0.243. The monoisotopic (exact) mass is 358 g/mol. The predicted octanol–water partition coefficient (Wildman–Crippen LogP) is 2.42. The zero-order chi connectivity index (χ0) is 18.2. The number of thiophene rings is 1. The van der Waals surface area contributed by atoms with Gasteiger partial charge in [-0.25, -0.2) is 9.59 Å². The second kappa shape index (κ2) is 9.61. The third kappa shape index (κ3) is 7.76. The van der Waals surface area contributed by atoms with Gasteiger partial charge in [0.25, 0.3) is 0 Å². The number of aromatic carboxylic acids is 1. The molecule has 136 valence electrons. The fourth-order valence-electron chi connectivity index (χ4n) is 1.83. The van der Waals surface area contributed by atoms with Crippen molar-refractivity contribution < 1.29 is 24.2 Å². The Morgan fingerprint density at radius 2 is 2.04 bits per heavy atom. The minimum absolute atomic E-state index is 0.298. The molecule has 0 spiro atoms. The molecule has 1 amide bonds. The van der Waals surface area contributed by atoms with Crippen LogP contribution in [0.3, 0.4) is 0 Å². The molecule has 0 unspecified atom stereocenters. The Balaban J connectivity index is 2.43. The zero-order valence-corrected chi connectivity index (χ0v) is 15.4. The van der Waals surface area contributed by atoms with Crippen molar-refractivity contribution in [3.63, 3.8) is 0 Å². The van der Waals surface area contributed by atoms with Crippen LogP contribution in [0.25, 0.3) is 0 Å². The van der Waals surface area contributed by atoms with E-state index in [2.05, 4.69) is 5.32 Å². The Hall–Kier alpha value is -1.64. The lowest BCUT2D eigenvalue weighted by Gasteiger charge is -2.27. The fourth-order valence-corrected chi connectivity index (χ4v) is 2.66. The van der Waals surface area contributed by atoms with E-state index in [1.54, 1.807) is 23.5 Å². The van der Waals surface area contributed by atoms with Crippen LogP contribution in [-0.4, -0.2) is 61.0 Å². The van der Waals surface area contributed by atoms with Crippen molar-refractivity contribution in [3.8, 4) is 0 Å². The van der Waals surface area contributed by atoms with Gasteiger partial charge in [-0.2, -0.15) is 0 Å². The number of nitrogens with one attached hydrogen (secondary N) is 1. The second-order valence-corrected chi connectivity index (χ2v) is 7.24. The van der Waals surface area contributed by atoms with Gasteiger partial charge >= 0.3 is 12.1 Å². The topological polar surface area (TPSA) is 88.1 Å². The molecular weight excluding hydrogens is 332 g/mol. The van der Waals surface area contributed by atoms with E-state index in [1.165, 1.54) is 11.3 Å². The van der Waals surface area contributed by atoms with Crippen molar-refractivity contribution in [1.82, 2.24) is 10.2 Å². The zero-order valence-electron chi connectivity index (χ0n) is 14.6. The molecule has 0 aliphatic rings. The molecule has 0 bridgehead atoms. The van der Waals surface area contributed by atoms with Gasteiger partial charge in [0.2, 0.25) is 0 Å². The third-order valence-corrected chi connectivity index (χ3v) is 3.91. The van der Waals surface area contributed by atoms with Gasteiger partial charge < -0.3 is 24.8 Å². The van der Waals surface area contributed by atoms with Gasteiger partial charge in [-0.1, -0.05) is 0 Å². The average Bonchev–Trinajstić information content (AvgIpc) is 2.93. The Morgan fingerprint density at radius 3 is 2.58 bits per heavy atom. The largest absolute Gasteiger partial charge is 0.478 e. The summed E-state index contributed by atoms with van der Waals surface area (Å²) in [5.74, 6) is -0.923. The Kier molecular flexibility index (Phi) is 8.17. The maximum Gasteiger partial charge on any atom is 0.410 e. The molecule has 0 saturated carbocycles. The molecule has 1 heterocycles. The standard InChI is InChI=1S/C16H26N2O5S/c1-16(2,3)23-15(21)18(7-8-22-4)6-5-17-10-13-9-12(11-24-13)14(19)20/h9,11,17H,5-8,10H2,1-4H3,(H,19,20). The van der Waals surface area contributed by atoms with Crippen molar-refractivity contribution in [1.29, 1.82) is 0 Å². The number of carboxylic acids is 1. The van der Waals surface area contributed by atoms with Crippen LogP contribution in [0.15, 0.2) is 11.4 Å². The molecule has 0 aromatic carbocycles. The number of hydrogen-bond acceptors (Lipinski definition) is 6. The van der Waals surface area contributed by atoms with Gasteiger partial charge in [0, 0.05) is 43.5 Å². The van der Waals surface area contributed by atoms with Crippen molar-refractivity contribution in [3.05, 3.63) is 21.9 Å². The molecule has 1 aromatic rings. The quantitative estimate of drug-likeness (QED) is 0.659. The molecule has 24 heavy (non-hydrogen) atoms. The van der Waals surface area contributed by atoms with Crippen molar-refractivity contribution in [2.45, 2.75) is 32.9 Å². The maximum atomic E-state index is 12.2. The van der Waals surface area contributed by atoms with Gasteiger partial charge in [-0.3, -0.25) is 0 Å². The molecule has 0 saturated heterocycles. The molecule has 0 radical (unpaired) electrons. The van der Waals surface area contributed by atoms with E-state index in [9.17, 15) is 9.59 Å². The Labute approximate surface area is 146 Å². The molecular formula is C16H26N2O5S. The lowest BCUT2D eigenvalue weighted by Crippen LogP contribution is -2.42. The Morgan fingerprint density at radius 1 is 1.33 bits per heavy atom. The fraction of sp³-hybridized carbons (Fsp3) is 0.625. The van der Waals surface area contributed by atoms with Crippen LogP contribution in [0, 0.1) is 0 Å². The lowest BCUT2D eigenvalue weighted by atomic mass is 10.2. The number of amides is 1. The summed E-state index contributed by atoms with van der Waals surface area (Å²) in [7, 11) is 1.59. The highest BCUT2D eigenvalue weighted by Gasteiger charge is 2.21. The minimum atomic E-state index is -0.923.